The summed E-state index contributed by atoms with van der Waals surface area (Å²) in [5.74, 6) is -1.37. The fourth-order valence-corrected chi connectivity index (χ4v) is 3.53. The summed E-state index contributed by atoms with van der Waals surface area (Å²) < 4.78 is 0. The Morgan fingerprint density at radius 3 is 2.19 bits per heavy atom. The molecule has 0 radical (unpaired) electrons. The van der Waals surface area contributed by atoms with E-state index in [1.807, 2.05) is 0 Å². The minimum absolute atomic E-state index is 0.149. The van der Waals surface area contributed by atoms with E-state index in [9.17, 15) is 14.4 Å². The lowest BCUT2D eigenvalue weighted by molar-refractivity contribution is -0.122. The van der Waals surface area contributed by atoms with Crippen molar-refractivity contribution in [3.05, 3.63) is 28.8 Å². The number of hydrogen-bond donors (Lipinski definition) is 1. The van der Waals surface area contributed by atoms with Crippen LogP contribution in [-0.2, 0) is 9.59 Å². The Bertz CT molecular complexity index is 620. The number of benzene rings is 1. The molecule has 3 amide bonds. The highest BCUT2D eigenvalue weighted by Crippen LogP contribution is 2.40. The third-order valence-corrected chi connectivity index (χ3v) is 4.63. The summed E-state index contributed by atoms with van der Waals surface area (Å²) in [5, 5.41) is 0.149. The van der Waals surface area contributed by atoms with Gasteiger partial charge in [0.15, 0.2) is 0 Å². The first-order valence-corrected chi connectivity index (χ1v) is 7.35. The van der Waals surface area contributed by atoms with Crippen LogP contribution in [0.15, 0.2) is 18.2 Å². The highest BCUT2D eigenvalue weighted by molar-refractivity contribution is 6.34. The molecule has 110 valence electrons. The zero-order chi connectivity index (χ0) is 15.1. The number of fused-ring (bicyclic) bond motifs is 1. The van der Waals surface area contributed by atoms with Gasteiger partial charge in [0.2, 0.25) is 17.7 Å². The highest BCUT2D eigenvalue weighted by atomic mass is 35.5. The molecule has 3 rings (SSSR count). The van der Waals surface area contributed by atoms with Crippen LogP contribution >= 0.6 is 11.6 Å². The molecule has 1 heterocycles. The normalized spacial score (nSPS) is 25.1. The van der Waals surface area contributed by atoms with E-state index >= 15 is 0 Å². The molecule has 1 aromatic carbocycles. The van der Waals surface area contributed by atoms with Crippen molar-refractivity contribution in [1.82, 2.24) is 0 Å². The van der Waals surface area contributed by atoms with Gasteiger partial charge >= 0.3 is 0 Å². The van der Waals surface area contributed by atoms with Gasteiger partial charge in [-0.1, -0.05) is 24.4 Å². The smallest absolute Gasteiger partial charge is 0.250 e. The van der Waals surface area contributed by atoms with Gasteiger partial charge < -0.3 is 5.73 Å². The molecule has 1 aliphatic heterocycles. The molecule has 5 nitrogen and oxygen atoms in total. The zero-order valence-electron chi connectivity index (χ0n) is 11.3. The van der Waals surface area contributed by atoms with E-state index < -0.39 is 5.91 Å². The van der Waals surface area contributed by atoms with Crippen molar-refractivity contribution in [3.8, 4) is 0 Å². The lowest BCUT2D eigenvalue weighted by Crippen LogP contribution is -2.31. The van der Waals surface area contributed by atoms with E-state index in [1.165, 1.54) is 17.0 Å². The molecule has 0 bridgehead atoms. The van der Waals surface area contributed by atoms with E-state index in [1.54, 1.807) is 6.07 Å². The van der Waals surface area contributed by atoms with Crippen LogP contribution in [0.2, 0.25) is 5.02 Å². The summed E-state index contributed by atoms with van der Waals surface area (Å²) in [4.78, 5) is 37.3. The van der Waals surface area contributed by atoms with Crippen molar-refractivity contribution in [3.63, 3.8) is 0 Å². The summed E-state index contributed by atoms with van der Waals surface area (Å²) in [6.07, 6.45) is 3.49. The molecular weight excluding hydrogens is 292 g/mol. The Kier molecular flexibility index (Phi) is 3.45. The number of rotatable bonds is 2. The van der Waals surface area contributed by atoms with Gasteiger partial charge in [0.05, 0.1) is 28.1 Å². The van der Waals surface area contributed by atoms with Crippen molar-refractivity contribution in [2.45, 2.75) is 25.7 Å². The van der Waals surface area contributed by atoms with E-state index in [-0.39, 0.29) is 34.2 Å². The second-order valence-electron chi connectivity index (χ2n) is 5.54. The van der Waals surface area contributed by atoms with Crippen molar-refractivity contribution in [1.29, 1.82) is 0 Å². The van der Waals surface area contributed by atoms with Crippen molar-refractivity contribution in [2.75, 3.05) is 4.90 Å². The summed E-state index contributed by atoms with van der Waals surface area (Å²) in [6, 6.07) is 4.44. The first-order chi connectivity index (χ1) is 10.0. The van der Waals surface area contributed by atoms with Crippen LogP contribution in [0, 0.1) is 11.8 Å². The third kappa shape index (κ3) is 2.21. The van der Waals surface area contributed by atoms with Gasteiger partial charge in [-0.15, -0.1) is 0 Å². The van der Waals surface area contributed by atoms with E-state index in [0.717, 1.165) is 25.7 Å². The lowest BCUT2D eigenvalue weighted by atomic mass is 9.81. The standard InChI is InChI=1S/C15H15ClN2O3/c16-12-7-8(5-6-11(12)13(17)19)18-14(20)9-3-1-2-4-10(9)15(18)21/h5-7,9-10H,1-4H2,(H2,17,19)/t9-,10-/m1/s1. The summed E-state index contributed by atoms with van der Waals surface area (Å²) >= 11 is 6.00. The second-order valence-corrected chi connectivity index (χ2v) is 5.94. The van der Waals surface area contributed by atoms with Crippen LogP contribution in [0.4, 0.5) is 5.69 Å². The molecule has 2 atom stereocenters. The van der Waals surface area contributed by atoms with Crippen LogP contribution in [0.1, 0.15) is 36.0 Å². The molecule has 1 saturated heterocycles. The molecule has 1 aromatic rings. The molecule has 2 fully saturated rings. The number of carbonyl (C=O) groups excluding carboxylic acids is 3. The fraction of sp³-hybridized carbons (Fsp3) is 0.400. The maximum atomic E-state index is 12.5. The number of primary amides is 1. The molecule has 21 heavy (non-hydrogen) atoms. The first kappa shape index (κ1) is 14.1. The van der Waals surface area contributed by atoms with Crippen LogP contribution in [-0.4, -0.2) is 17.7 Å². The summed E-state index contributed by atoms with van der Waals surface area (Å²) in [5.41, 5.74) is 5.79. The molecule has 2 N–H and O–H groups in total. The number of halogens is 1. The van der Waals surface area contributed by atoms with Crippen molar-refractivity contribution < 1.29 is 14.4 Å². The van der Waals surface area contributed by atoms with Gasteiger partial charge in [0.1, 0.15) is 0 Å². The number of anilines is 1. The predicted octanol–water partition coefficient (Wildman–Crippen LogP) is 2.12. The monoisotopic (exact) mass is 306 g/mol. The average Bonchev–Trinajstić information content (AvgIpc) is 2.71. The average molecular weight is 307 g/mol. The highest BCUT2D eigenvalue weighted by Gasteiger charge is 2.48. The quantitative estimate of drug-likeness (QED) is 0.850. The number of hydrogen-bond acceptors (Lipinski definition) is 3. The predicted molar refractivity (Wildman–Crippen MR) is 77.9 cm³/mol. The number of nitrogens with two attached hydrogens (primary N) is 1. The molecule has 2 aliphatic rings. The Hall–Kier alpha value is -1.88. The minimum atomic E-state index is -0.640. The van der Waals surface area contributed by atoms with Gasteiger partial charge in [0.25, 0.3) is 0 Å². The number of amides is 3. The number of carbonyl (C=O) groups is 3. The van der Waals surface area contributed by atoms with Gasteiger partial charge in [-0.25, -0.2) is 0 Å². The van der Waals surface area contributed by atoms with Gasteiger partial charge in [-0.05, 0) is 31.0 Å². The molecule has 1 saturated carbocycles. The number of imide groups is 1. The topological polar surface area (TPSA) is 80.5 Å². The molecular formula is C15H15ClN2O3. The summed E-state index contributed by atoms with van der Waals surface area (Å²) in [6.45, 7) is 0. The zero-order valence-corrected chi connectivity index (χ0v) is 12.1. The van der Waals surface area contributed by atoms with Crippen LogP contribution in [0.5, 0.6) is 0 Å². The molecule has 0 aromatic heterocycles. The number of nitrogens with zero attached hydrogens (tertiary/aromatic N) is 1. The van der Waals surface area contributed by atoms with Gasteiger partial charge in [0, 0.05) is 0 Å². The molecule has 0 unspecified atom stereocenters. The molecule has 0 spiro atoms. The Balaban J connectivity index is 1.97. The molecule has 1 aliphatic carbocycles. The maximum Gasteiger partial charge on any atom is 0.250 e. The van der Waals surface area contributed by atoms with Gasteiger partial charge in [-0.2, -0.15) is 0 Å². The van der Waals surface area contributed by atoms with E-state index in [0.29, 0.717) is 5.69 Å². The fourth-order valence-electron chi connectivity index (χ4n) is 3.26. The van der Waals surface area contributed by atoms with Crippen LogP contribution in [0.25, 0.3) is 0 Å². The summed E-state index contributed by atoms with van der Waals surface area (Å²) in [7, 11) is 0. The van der Waals surface area contributed by atoms with E-state index in [2.05, 4.69) is 0 Å². The van der Waals surface area contributed by atoms with Crippen molar-refractivity contribution >= 4 is 35.0 Å². The third-order valence-electron chi connectivity index (χ3n) is 4.32. The SMILES string of the molecule is NC(=O)c1ccc(N2C(=O)[C@@H]3CCCC[C@H]3C2=O)cc1Cl. The van der Waals surface area contributed by atoms with Crippen LogP contribution in [0.3, 0.4) is 0 Å². The Morgan fingerprint density at radius 1 is 1.14 bits per heavy atom. The first-order valence-electron chi connectivity index (χ1n) is 6.98. The second kappa shape index (κ2) is 5.15. The minimum Gasteiger partial charge on any atom is -0.366 e. The van der Waals surface area contributed by atoms with Crippen LogP contribution < -0.4 is 10.6 Å². The Labute approximate surface area is 127 Å². The van der Waals surface area contributed by atoms with E-state index in [4.69, 9.17) is 17.3 Å². The Morgan fingerprint density at radius 2 is 1.71 bits per heavy atom. The largest absolute Gasteiger partial charge is 0.366 e. The van der Waals surface area contributed by atoms with Gasteiger partial charge in [-0.3, -0.25) is 19.3 Å². The van der Waals surface area contributed by atoms with Crippen molar-refractivity contribution in [2.24, 2.45) is 17.6 Å². The lowest BCUT2D eigenvalue weighted by Gasteiger charge is -2.19. The molecule has 6 heteroatoms. The maximum absolute atomic E-state index is 12.5.